The molecular weight excluding hydrogens is 378 g/mol. The van der Waals surface area contributed by atoms with Gasteiger partial charge in [-0.25, -0.2) is 0 Å². The molecule has 0 amide bonds. The van der Waals surface area contributed by atoms with Crippen molar-refractivity contribution in [3.8, 4) is 6.01 Å². The Morgan fingerprint density at radius 1 is 1.30 bits per heavy atom. The Kier molecular flexibility index (Phi) is 5.83. The molecule has 1 N–H and O–H groups in total. The van der Waals surface area contributed by atoms with Gasteiger partial charge in [0.1, 0.15) is 11.6 Å². The van der Waals surface area contributed by atoms with Crippen LogP contribution in [-0.2, 0) is 13.6 Å². The minimum Gasteiger partial charge on any atom is -0.463 e. The first kappa shape index (κ1) is 20.1. The summed E-state index contributed by atoms with van der Waals surface area (Å²) in [6.07, 6.45) is 14.1. The summed E-state index contributed by atoms with van der Waals surface area (Å²) >= 11 is 0. The highest BCUT2D eigenvalue weighted by Gasteiger charge is 2.40. The third-order valence-electron chi connectivity index (χ3n) is 5.36. The van der Waals surface area contributed by atoms with Crippen molar-refractivity contribution in [3.63, 3.8) is 0 Å². The second-order valence-corrected chi connectivity index (χ2v) is 8.05. The standard InChI is InChI=1S/C22H29N7O/c1-15-20(24-11-16-12-25-29(4)13-16)26-22(27-21(15)28(2)3)30-14-17-10-18(17)19-8-6-5-7-9-23-19/h5-6,8-9,12-13,17-18H,7,10-11,14H2,1-4H3,(H,24,26,27). The number of hydrogen-bond acceptors (Lipinski definition) is 7. The number of ether oxygens (including phenoxy) is 1. The van der Waals surface area contributed by atoms with Crippen molar-refractivity contribution in [2.75, 3.05) is 30.9 Å². The maximum absolute atomic E-state index is 6.02. The fourth-order valence-corrected chi connectivity index (χ4v) is 3.61. The second-order valence-electron chi connectivity index (χ2n) is 8.05. The highest BCUT2D eigenvalue weighted by atomic mass is 16.5. The van der Waals surface area contributed by atoms with Crippen LogP contribution >= 0.6 is 0 Å². The van der Waals surface area contributed by atoms with Crippen molar-refractivity contribution in [1.82, 2.24) is 19.7 Å². The van der Waals surface area contributed by atoms with E-state index in [1.165, 1.54) is 0 Å². The van der Waals surface area contributed by atoms with E-state index in [0.29, 0.717) is 31.0 Å². The van der Waals surface area contributed by atoms with Crippen molar-refractivity contribution in [2.24, 2.45) is 23.9 Å². The summed E-state index contributed by atoms with van der Waals surface area (Å²) < 4.78 is 7.81. The van der Waals surface area contributed by atoms with Gasteiger partial charge < -0.3 is 15.0 Å². The lowest BCUT2D eigenvalue weighted by molar-refractivity contribution is 0.272. The van der Waals surface area contributed by atoms with Crippen LogP contribution in [0.15, 0.2) is 41.3 Å². The zero-order valence-electron chi connectivity index (χ0n) is 18.0. The van der Waals surface area contributed by atoms with E-state index in [2.05, 4.69) is 43.6 Å². The molecule has 2 atom stereocenters. The van der Waals surface area contributed by atoms with E-state index in [0.717, 1.165) is 41.3 Å². The third-order valence-corrected chi connectivity index (χ3v) is 5.36. The molecule has 3 heterocycles. The molecule has 2 aliphatic rings. The van der Waals surface area contributed by atoms with Crippen LogP contribution in [0.5, 0.6) is 6.01 Å². The number of aliphatic imine (C=N–C) groups is 1. The molecule has 2 unspecified atom stereocenters. The molecule has 1 aliphatic carbocycles. The summed E-state index contributed by atoms with van der Waals surface area (Å²) in [7, 11) is 5.86. The predicted molar refractivity (Wildman–Crippen MR) is 119 cm³/mol. The van der Waals surface area contributed by atoms with Gasteiger partial charge in [0, 0.05) is 75.2 Å². The number of rotatable bonds is 8. The Morgan fingerprint density at radius 2 is 2.17 bits per heavy atom. The molecule has 4 rings (SSSR count). The smallest absolute Gasteiger partial charge is 0.320 e. The molecule has 30 heavy (non-hydrogen) atoms. The quantitative estimate of drug-likeness (QED) is 0.724. The Bertz CT molecular complexity index is 989. The van der Waals surface area contributed by atoms with Gasteiger partial charge in [-0.05, 0) is 19.4 Å². The number of hydrogen-bond donors (Lipinski definition) is 1. The monoisotopic (exact) mass is 407 g/mol. The number of allylic oxidation sites excluding steroid dienone is 4. The molecule has 1 fully saturated rings. The van der Waals surface area contributed by atoms with Crippen molar-refractivity contribution in [2.45, 2.75) is 26.3 Å². The van der Waals surface area contributed by atoms with E-state index in [1.54, 1.807) is 4.68 Å². The Hall–Kier alpha value is -3.16. The summed E-state index contributed by atoms with van der Waals surface area (Å²) in [4.78, 5) is 15.8. The second kappa shape index (κ2) is 8.69. The predicted octanol–water partition coefficient (Wildman–Crippen LogP) is 3.13. The molecule has 2 aromatic heterocycles. The van der Waals surface area contributed by atoms with Gasteiger partial charge in [0.2, 0.25) is 0 Å². The Balaban J connectivity index is 1.43. The third kappa shape index (κ3) is 4.69. The molecule has 0 saturated heterocycles. The van der Waals surface area contributed by atoms with E-state index in [4.69, 9.17) is 4.74 Å². The van der Waals surface area contributed by atoms with Crippen LogP contribution in [0.25, 0.3) is 0 Å². The highest BCUT2D eigenvalue weighted by molar-refractivity contribution is 5.62. The SMILES string of the molecule is Cc1c(NCc2cnn(C)c2)nc(OCC2CC2C2=CC=CCC=N2)nc1N(C)C. The van der Waals surface area contributed by atoms with Crippen molar-refractivity contribution in [3.05, 3.63) is 47.4 Å². The Morgan fingerprint density at radius 3 is 2.93 bits per heavy atom. The van der Waals surface area contributed by atoms with Crippen LogP contribution in [0.4, 0.5) is 11.6 Å². The zero-order chi connectivity index (χ0) is 21.1. The number of aryl methyl sites for hydroxylation is 1. The summed E-state index contributed by atoms with van der Waals surface area (Å²) in [6.45, 7) is 3.26. The average molecular weight is 408 g/mol. The van der Waals surface area contributed by atoms with Gasteiger partial charge in [0.25, 0.3) is 0 Å². The zero-order valence-corrected chi connectivity index (χ0v) is 18.0. The first-order chi connectivity index (χ1) is 14.5. The van der Waals surface area contributed by atoms with Gasteiger partial charge in [-0.2, -0.15) is 15.1 Å². The van der Waals surface area contributed by atoms with E-state index in [9.17, 15) is 0 Å². The molecule has 0 bridgehead atoms. The van der Waals surface area contributed by atoms with Crippen LogP contribution in [0.1, 0.15) is 24.0 Å². The van der Waals surface area contributed by atoms with Gasteiger partial charge in [-0.15, -0.1) is 0 Å². The topological polar surface area (TPSA) is 80.5 Å². The van der Waals surface area contributed by atoms with Gasteiger partial charge in [-0.3, -0.25) is 9.67 Å². The molecule has 158 valence electrons. The lowest BCUT2D eigenvalue weighted by Crippen LogP contribution is -2.16. The molecular formula is C22H29N7O. The first-order valence-electron chi connectivity index (χ1n) is 10.3. The number of nitrogens with zero attached hydrogens (tertiary/aromatic N) is 6. The van der Waals surface area contributed by atoms with Crippen molar-refractivity contribution < 1.29 is 4.74 Å². The van der Waals surface area contributed by atoms with Crippen LogP contribution < -0.4 is 15.0 Å². The molecule has 2 aromatic rings. The van der Waals surface area contributed by atoms with Crippen molar-refractivity contribution in [1.29, 1.82) is 0 Å². The van der Waals surface area contributed by atoms with E-state index in [1.807, 2.05) is 51.6 Å². The molecule has 0 aromatic carbocycles. The fraction of sp³-hybridized carbons (Fsp3) is 0.455. The van der Waals surface area contributed by atoms with E-state index < -0.39 is 0 Å². The van der Waals surface area contributed by atoms with Gasteiger partial charge >= 0.3 is 6.01 Å². The van der Waals surface area contributed by atoms with Crippen molar-refractivity contribution >= 4 is 17.9 Å². The normalized spacial score (nSPS) is 19.9. The average Bonchev–Trinajstić information content (AvgIpc) is 3.44. The fourth-order valence-electron chi connectivity index (χ4n) is 3.61. The number of aromatic nitrogens is 4. The van der Waals surface area contributed by atoms with Crippen LogP contribution in [-0.4, -0.2) is 46.7 Å². The first-order valence-corrected chi connectivity index (χ1v) is 10.3. The van der Waals surface area contributed by atoms with Crippen LogP contribution in [0.3, 0.4) is 0 Å². The minimum atomic E-state index is 0.405. The van der Waals surface area contributed by atoms with E-state index >= 15 is 0 Å². The summed E-state index contributed by atoms with van der Waals surface area (Å²) in [5.41, 5.74) is 3.23. The molecule has 0 radical (unpaired) electrons. The number of anilines is 2. The van der Waals surface area contributed by atoms with Gasteiger partial charge in [0.05, 0.1) is 12.8 Å². The van der Waals surface area contributed by atoms with E-state index in [-0.39, 0.29) is 0 Å². The maximum Gasteiger partial charge on any atom is 0.320 e. The maximum atomic E-state index is 6.02. The largest absolute Gasteiger partial charge is 0.463 e. The van der Waals surface area contributed by atoms with Gasteiger partial charge in [0.15, 0.2) is 0 Å². The molecule has 8 heteroatoms. The lowest BCUT2D eigenvalue weighted by atomic mass is 10.2. The Labute approximate surface area is 177 Å². The molecule has 1 saturated carbocycles. The molecule has 1 aliphatic heterocycles. The summed E-state index contributed by atoms with van der Waals surface area (Å²) in [5, 5.41) is 7.62. The summed E-state index contributed by atoms with van der Waals surface area (Å²) in [5.74, 6) is 2.55. The number of nitrogens with one attached hydrogen (secondary N) is 1. The lowest BCUT2D eigenvalue weighted by Gasteiger charge is -2.18. The van der Waals surface area contributed by atoms with Crippen LogP contribution in [0, 0.1) is 18.8 Å². The minimum absolute atomic E-state index is 0.405. The molecule has 0 spiro atoms. The van der Waals surface area contributed by atoms with Gasteiger partial charge in [-0.1, -0.05) is 12.2 Å². The molecule has 8 nitrogen and oxygen atoms in total. The van der Waals surface area contributed by atoms with Crippen LogP contribution in [0.2, 0.25) is 0 Å². The highest BCUT2D eigenvalue weighted by Crippen LogP contribution is 2.45. The summed E-state index contributed by atoms with van der Waals surface area (Å²) in [6, 6.07) is 0.405.